The van der Waals surface area contributed by atoms with E-state index in [1.165, 1.54) is 18.2 Å². The Kier molecular flexibility index (Phi) is 8.26. The van der Waals surface area contributed by atoms with E-state index in [1.807, 2.05) is 23.8 Å². The van der Waals surface area contributed by atoms with Gasteiger partial charge >= 0.3 is 0 Å². The Bertz CT molecular complexity index is 1900. The number of ether oxygens (including phenoxy) is 2. The average molecular weight is 654 g/mol. The summed E-state index contributed by atoms with van der Waals surface area (Å²) in [6.07, 6.45) is 0.490. The van der Waals surface area contributed by atoms with Gasteiger partial charge in [0.2, 0.25) is 11.8 Å². The van der Waals surface area contributed by atoms with Gasteiger partial charge in [0.25, 0.3) is 0 Å². The van der Waals surface area contributed by atoms with Crippen LogP contribution in [0.1, 0.15) is 12.5 Å². The fourth-order valence-electron chi connectivity index (χ4n) is 6.26. The highest BCUT2D eigenvalue weighted by Gasteiger charge is 2.36. The van der Waals surface area contributed by atoms with Crippen molar-refractivity contribution in [3.63, 3.8) is 0 Å². The molecule has 3 atom stereocenters. The molecule has 4 heterocycles. The number of pyridine rings is 1. The first-order valence-corrected chi connectivity index (χ1v) is 15.4. The first-order valence-electron chi connectivity index (χ1n) is 14.2. The zero-order valence-electron chi connectivity index (χ0n) is 24.8. The highest BCUT2D eigenvalue weighted by molar-refractivity contribution is 7.22. The number of hydrogen-bond acceptors (Lipinski definition) is 10. The van der Waals surface area contributed by atoms with Crippen molar-refractivity contribution in [2.75, 3.05) is 57.5 Å². The molecule has 0 bridgehead atoms. The lowest BCUT2D eigenvalue weighted by Crippen LogP contribution is -2.54. The molecule has 2 saturated heterocycles. The smallest absolute Gasteiger partial charge is 0.246 e. The molecular formula is C31H30ClF2N7O3S. The van der Waals surface area contributed by atoms with Crippen LogP contribution in [0.25, 0.3) is 32.2 Å². The average Bonchev–Trinajstić information content (AvgIpc) is 3.59. The summed E-state index contributed by atoms with van der Waals surface area (Å²) in [6, 6.07) is 6.18. The topological polar surface area (TPSA) is 121 Å². The minimum atomic E-state index is -0.784. The lowest BCUT2D eigenvalue weighted by Gasteiger charge is -2.41. The van der Waals surface area contributed by atoms with Crippen LogP contribution in [-0.2, 0) is 9.53 Å². The Morgan fingerprint density at radius 3 is 2.67 bits per heavy atom. The number of hydrogen-bond donors (Lipinski definition) is 1. The van der Waals surface area contributed by atoms with E-state index in [2.05, 4.69) is 22.6 Å². The van der Waals surface area contributed by atoms with Crippen molar-refractivity contribution in [2.24, 2.45) is 0 Å². The van der Waals surface area contributed by atoms with Crippen LogP contribution in [0.2, 0.25) is 5.02 Å². The number of fused-ring (bicyclic) bond motifs is 2. The highest BCUT2D eigenvalue weighted by Crippen LogP contribution is 2.45. The molecule has 234 valence electrons. The predicted octanol–water partition coefficient (Wildman–Crippen LogP) is 4.83. The summed E-state index contributed by atoms with van der Waals surface area (Å²) >= 11 is 7.76. The van der Waals surface area contributed by atoms with Crippen LogP contribution in [0.15, 0.2) is 30.9 Å². The molecule has 10 nitrogen and oxygen atoms in total. The molecule has 45 heavy (non-hydrogen) atoms. The van der Waals surface area contributed by atoms with Gasteiger partial charge in [-0.25, -0.2) is 18.7 Å². The van der Waals surface area contributed by atoms with Gasteiger partial charge in [-0.05, 0) is 38.2 Å². The monoisotopic (exact) mass is 653 g/mol. The quantitative estimate of drug-likeness (QED) is 0.292. The number of piperazine rings is 1. The summed E-state index contributed by atoms with van der Waals surface area (Å²) in [5.74, 6) is -1.57. The van der Waals surface area contributed by atoms with Gasteiger partial charge in [-0.2, -0.15) is 5.26 Å². The first-order chi connectivity index (χ1) is 21.6. The van der Waals surface area contributed by atoms with Gasteiger partial charge in [-0.1, -0.05) is 29.5 Å². The second-order valence-corrected chi connectivity index (χ2v) is 12.6. The number of likely N-dealkylation sites (N-methyl/N-ethyl adjacent to an activating group) is 1. The number of aromatic nitrogens is 2. The third-order valence-electron chi connectivity index (χ3n) is 8.37. The van der Waals surface area contributed by atoms with Crippen molar-refractivity contribution in [3.8, 4) is 23.1 Å². The number of nitriles is 1. The number of nitrogens with two attached hydrogens (primary N) is 1. The number of carbonyl (C=O) groups is 1. The summed E-state index contributed by atoms with van der Waals surface area (Å²) in [4.78, 5) is 26.9. The number of amides is 1. The molecule has 0 spiro atoms. The standard InChI is InChI=1S/C31H30ClF2N7O3S/c1-5-23(42)41-9-8-40(12-15(41)2)28-17-10-19(32)24(16-6-7-20(33)29-27(16)38-31(36)45-29)25(34)26(17)37-30(18(28)11-35)44-22-14-39(3)13-21(22)43-4/h5-7,10,15,21-22H,1,8-9,12-14H2,2-4H3,(H2,36,38)/t15-,21-,22-/m1/s1. The molecule has 2 aromatic carbocycles. The van der Waals surface area contributed by atoms with Crippen molar-refractivity contribution < 1.29 is 23.0 Å². The number of nitrogen functional groups attached to an aromatic ring is 1. The van der Waals surface area contributed by atoms with Crippen molar-refractivity contribution in [2.45, 2.75) is 25.2 Å². The molecule has 4 aromatic rings. The fraction of sp³-hybridized carbons (Fsp3) is 0.355. The molecule has 1 amide bonds. The van der Waals surface area contributed by atoms with Crippen LogP contribution in [0.5, 0.6) is 5.88 Å². The fourth-order valence-corrected chi connectivity index (χ4v) is 7.32. The lowest BCUT2D eigenvalue weighted by molar-refractivity contribution is -0.128. The summed E-state index contributed by atoms with van der Waals surface area (Å²) < 4.78 is 43.7. The molecule has 6 rings (SSSR count). The molecule has 2 aliphatic heterocycles. The van der Waals surface area contributed by atoms with Crippen LogP contribution in [-0.4, -0.2) is 90.8 Å². The van der Waals surface area contributed by atoms with Crippen molar-refractivity contribution in [3.05, 3.63) is 53.1 Å². The van der Waals surface area contributed by atoms with Crippen molar-refractivity contribution in [1.29, 1.82) is 5.26 Å². The number of anilines is 2. The summed E-state index contributed by atoms with van der Waals surface area (Å²) in [5.41, 5.74) is 6.71. The van der Waals surface area contributed by atoms with E-state index in [-0.39, 0.29) is 66.5 Å². The Labute approximate surface area is 267 Å². The maximum absolute atomic E-state index is 16.9. The SMILES string of the molecule is C=CC(=O)N1CCN(c2c(C#N)c(O[C@@H]3CN(C)C[C@H]3OC)nc3c(F)c(-c4ccc(F)c5sc(N)nc45)c(Cl)cc23)C[C@H]1C. The van der Waals surface area contributed by atoms with E-state index < -0.39 is 17.7 Å². The van der Waals surface area contributed by atoms with Crippen LogP contribution in [0, 0.1) is 23.0 Å². The molecule has 0 radical (unpaired) electrons. The van der Waals surface area contributed by atoms with Crippen LogP contribution >= 0.6 is 22.9 Å². The maximum atomic E-state index is 16.9. The third kappa shape index (κ3) is 5.31. The number of benzene rings is 2. The Balaban J connectivity index is 1.58. The molecule has 2 aliphatic rings. The van der Waals surface area contributed by atoms with Crippen molar-refractivity contribution >= 4 is 60.8 Å². The largest absolute Gasteiger partial charge is 0.469 e. The second kappa shape index (κ2) is 12.0. The molecule has 14 heteroatoms. The van der Waals surface area contributed by atoms with Gasteiger partial charge in [-0.3, -0.25) is 9.69 Å². The predicted molar refractivity (Wildman–Crippen MR) is 171 cm³/mol. The van der Waals surface area contributed by atoms with E-state index in [9.17, 15) is 14.4 Å². The van der Waals surface area contributed by atoms with Gasteiger partial charge in [0.15, 0.2) is 10.9 Å². The maximum Gasteiger partial charge on any atom is 0.246 e. The number of carbonyl (C=O) groups excluding carboxylic acids is 1. The number of rotatable bonds is 6. The van der Waals surface area contributed by atoms with Crippen LogP contribution in [0.4, 0.5) is 19.6 Å². The second-order valence-electron chi connectivity index (χ2n) is 11.2. The summed E-state index contributed by atoms with van der Waals surface area (Å²) in [7, 11) is 3.51. The Morgan fingerprint density at radius 2 is 1.98 bits per heavy atom. The van der Waals surface area contributed by atoms with Gasteiger partial charge in [0.05, 0.1) is 20.9 Å². The van der Waals surface area contributed by atoms with E-state index in [0.29, 0.717) is 43.8 Å². The van der Waals surface area contributed by atoms with Gasteiger partial charge in [0, 0.05) is 62.4 Å². The molecule has 0 saturated carbocycles. The van der Waals surface area contributed by atoms with Crippen LogP contribution < -0.4 is 15.4 Å². The van der Waals surface area contributed by atoms with E-state index >= 15 is 4.39 Å². The third-order valence-corrected chi connectivity index (χ3v) is 9.56. The summed E-state index contributed by atoms with van der Waals surface area (Å²) in [5, 5.41) is 10.9. The summed E-state index contributed by atoms with van der Waals surface area (Å²) in [6.45, 7) is 7.64. The zero-order valence-corrected chi connectivity index (χ0v) is 26.4. The lowest BCUT2D eigenvalue weighted by atomic mass is 9.98. The number of methoxy groups -OCH3 is 1. The minimum Gasteiger partial charge on any atom is -0.469 e. The molecule has 2 fully saturated rings. The van der Waals surface area contributed by atoms with E-state index in [4.69, 9.17) is 26.8 Å². The molecular weight excluding hydrogens is 624 g/mol. The number of nitrogens with zero attached hydrogens (tertiary/aromatic N) is 6. The number of likely N-dealkylation sites (tertiary alicyclic amines) is 1. The number of halogens is 3. The zero-order chi connectivity index (χ0) is 32.2. The molecule has 2 aromatic heterocycles. The van der Waals surface area contributed by atoms with Gasteiger partial charge in [0.1, 0.15) is 35.2 Å². The minimum absolute atomic E-state index is 0.0190. The molecule has 0 aliphatic carbocycles. The van der Waals surface area contributed by atoms with Crippen molar-refractivity contribution in [1.82, 2.24) is 19.8 Å². The normalized spacial score (nSPS) is 20.6. The number of thiazole rings is 1. The Morgan fingerprint density at radius 1 is 1.22 bits per heavy atom. The molecule has 2 N–H and O–H groups in total. The molecule has 0 unspecified atom stereocenters. The van der Waals surface area contributed by atoms with E-state index in [1.54, 1.807) is 18.1 Å². The van der Waals surface area contributed by atoms with Crippen LogP contribution in [0.3, 0.4) is 0 Å². The highest BCUT2D eigenvalue weighted by atomic mass is 35.5. The van der Waals surface area contributed by atoms with Gasteiger partial charge in [-0.15, -0.1) is 0 Å². The van der Waals surface area contributed by atoms with E-state index in [0.717, 1.165) is 11.3 Å². The Hall–Kier alpha value is -4.09. The van der Waals surface area contributed by atoms with Gasteiger partial charge < -0.3 is 25.0 Å². The first kappa shape index (κ1) is 30.9.